The molecule has 0 unspecified atom stereocenters. The Bertz CT molecular complexity index is 540. The molecule has 2 amide bonds. The van der Waals surface area contributed by atoms with Gasteiger partial charge in [0.15, 0.2) is 5.82 Å². The molecule has 1 saturated carbocycles. The molecule has 1 aromatic heterocycles. The summed E-state index contributed by atoms with van der Waals surface area (Å²) >= 11 is 0. The van der Waals surface area contributed by atoms with Gasteiger partial charge in [-0.05, 0) is 25.7 Å². The Balaban J connectivity index is 1.54. The van der Waals surface area contributed by atoms with E-state index in [1.807, 2.05) is 0 Å². The topological polar surface area (TPSA) is 82.7 Å². The van der Waals surface area contributed by atoms with Crippen molar-refractivity contribution in [1.29, 1.82) is 0 Å². The van der Waals surface area contributed by atoms with Crippen molar-refractivity contribution in [3.8, 4) is 0 Å². The highest BCUT2D eigenvalue weighted by molar-refractivity contribution is 5.76. The van der Waals surface area contributed by atoms with Gasteiger partial charge in [0.2, 0.25) is 5.89 Å². The van der Waals surface area contributed by atoms with Gasteiger partial charge < -0.3 is 9.42 Å². The zero-order chi connectivity index (χ0) is 14.4. The van der Waals surface area contributed by atoms with Gasteiger partial charge in [-0.3, -0.25) is 5.21 Å². The predicted octanol–water partition coefficient (Wildman–Crippen LogP) is 2.45. The minimum absolute atomic E-state index is 0.0884. The standard InChI is InChI=1S/C14H20N4O3/c19-14-17-8-10(18(14)20)6-7-11(17)13-15-12(16-21-13)9-4-2-1-3-5-9/h9-11,20H,1-8H2/t10-,11+/m1/s1. The summed E-state index contributed by atoms with van der Waals surface area (Å²) in [6.45, 7) is 0.543. The molecule has 2 aliphatic heterocycles. The second kappa shape index (κ2) is 4.98. The molecule has 21 heavy (non-hydrogen) atoms. The molecular formula is C14H20N4O3. The molecule has 114 valence electrons. The minimum atomic E-state index is -0.347. The molecule has 1 N–H and O–H groups in total. The highest BCUT2D eigenvalue weighted by atomic mass is 16.5. The Morgan fingerprint density at radius 1 is 1.14 bits per heavy atom. The number of amides is 2. The van der Waals surface area contributed by atoms with E-state index in [1.165, 1.54) is 19.3 Å². The summed E-state index contributed by atoms with van der Waals surface area (Å²) in [7, 11) is 0. The number of piperidine rings is 1. The number of carbonyl (C=O) groups is 1. The van der Waals surface area contributed by atoms with Crippen molar-refractivity contribution >= 4 is 6.03 Å². The van der Waals surface area contributed by atoms with Crippen molar-refractivity contribution in [3.05, 3.63) is 11.7 Å². The maximum absolute atomic E-state index is 12.0. The largest absolute Gasteiger partial charge is 0.344 e. The first-order chi connectivity index (χ1) is 10.2. The van der Waals surface area contributed by atoms with E-state index in [9.17, 15) is 10.0 Å². The van der Waals surface area contributed by atoms with Gasteiger partial charge in [0.25, 0.3) is 0 Å². The van der Waals surface area contributed by atoms with Crippen molar-refractivity contribution in [1.82, 2.24) is 20.1 Å². The van der Waals surface area contributed by atoms with E-state index in [2.05, 4.69) is 10.1 Å². The normalized spacial score (nSPS) is 30.2. The first-order valence-electron chi connectivity index (χ1n) is 7.86. The third kappa shape index (κ3) is 2.10. The van der Waals surface area contributed by atoms with Crippen LogP contribution in [0.1, 0.15) is 68.6 Å². The SMILES string of the molecule is O=C1N(O)[C@@H]2CC[C@@H](c3nc(C4CCCCC4)no3)N1C2. The summed E-state index contributed by atoms with van der Waals surface area (Å²) in [6.07, 6.45) is 7.52. The van der Waals surface area contributed by atoms with Gasteiger partial charge >= 0.3 is 6.03 Å². The average Bonchev–Trinajstić information content (AvgIpc) is 3.10. The number of rotatable bonds is 2. The molecule has 2 bridgehead atoms. The first kappa shape index (κ1) is 13.1. The molecule has 3 heterocycles. The summed E-state index contributed by atoms with van der Waals surface area (Å²) < 4.78 is 5.44. The molecule has 7 heteroatoms. The number of hydroxylamine groups is 2. The van der Waals surface area contributed by atoms with Crippen LogP contribution in [0.5, 0.6) is 0 Å². The molecular weight excluding hydrogens is 272 g/mol. The van der Waals surface area contributed by atoms with Crippen LogP contribution in [0.2, 0.25) is 0 Å². The lowest BCUT2D eigenvalue weighted by atomic mass is 9.89. The quantitative estimate of drug-likeness (QED) is 0.846. The number of nitrogens with zero attached hydrogens (tertiary/aromatic N) is 4. The van der Waals surface area contributed by atoms with E-state index in [4.69, 9.17) is 4.52 Å². The smallest absolute Gasteiger partial charge is 0.337 e. The Hall–Kier alpha value is -1.63. The van der Waals surface area contributed by atoms with Gasteiger partial charge in [0.05, 0.1) is 6.04 Å². The summed E-state index contributed by atoms with van der Waals surface area (Å²) in [4.78, 5) is 18.2. The maximum Gasteiger partial charge on any atom is 0.344 e. The Kier molecular flexibility index (Phi) is 3.10. The van der Waals surface area contributed by atoms with Crippen molar-refractivity contribution in [2.45, 2.75) is 62.9 Å². The van der Waals surface area contributed by atoms with Crippen LogP contribution < -0.4 is 0 Å². The van der Waals surface area contributed by atoms with Crippen LogP contribution in [0.25, 0.3) is 0 Å². The lowest BCUT2D eigenvalue weighted by molar-refractivity contribution is -0.0584. The van der Waals surface area contributed by atoms with Crippen LogP contribution in [0.15, 0.2) is 4.52 Å². The Labute approximate surface area is 122 Å². The van der Waals surface area contributed by atoms with Crippen LogP contribution in [-0.4, -0.2) is 43.9 Å². The fraction of sp³-hybridized carbons (Fsp3) is 0.786. The molecule has 1 aliphatic carbocycles. The highest BCUT2D eigenvalue weighted by Crippen LogP contribution is 2.38. The Morgan fingerprint density at radius 2 is 1.95 bits per heavy atom. The monoisotopic (exact) mass is 292 g/mol. The fourth-order valence-electron chi connectivity index (χ4n) is 3.82. The van der Waals surface area contributed by atoms with Crippen LogP contribution in [0.3, 0.4) is 0 Å². The molecule has 7 nitrogen and oxygen atoms in total. The molecule has 0 radical (unpaired) electrons. The van der Waals surface area contributed by atoms with Crippen molar-refractivity contribution in [2.24, 2.45) is 0 Å². The molecule has 2 saturated heterocycles. The van der Waals surface area contributed by atoms with E-state index in [-0.39, 0.29) is 18.1 Å². The molecule has 0 aromatic carbocycles. The number of urea groups is 1. The molecule has 4 rings (SSSR count). The summed E-state index contributed by atoms with van der Waals surface area (Å²) in [6, 6.07) is -0.620. The van der Waals surface area contributed by atoms with Gasteiger partial charge in [-0.1, -0.05) is 24.4 Å². The van der Waals surface area contributed by atoms with Gasteiger partial charge in [0.1, 0.15) is 6.04 Å². The fourth-order valence-corrected chi connectivity index (χ4v) is 3.82. The van der Waals surface area contributed by atoms with Crippen LogP contribution in [0, 0.1) is 0 Å². The van der Waals surface area contributed by atoms with Crippen LogP contribution in [0.4, 0.5) is 4.79 Å². The minimum Gasteiger partial charge on any atom is -0.337 e. The summed E-state index contributed by atoms with van der Waals surface area (Å²) in [5.74, 6) is 1.72. The van der Waals surface area contributed by atoms with Crippen molar-refractivity contribution < 1.29 is 14.5 Å². The average molecular weight is 292 g/mol. The number of hydrogen-bond donors (Lipinski definition) is 1. The maximum atomic E-state index is 12.0. The second-order valence-electron chi connectivity index (χ2n) is 6.35. The van der Waals surface area contributed by atoms with E-state index in [1.54, 1.807) is 4.90 Å². The number of carbonyl (C=O) groups excluding carboxylic acids is 1. The van der Waals surface area contributed by atoms with Gasteiger partial charge in [-0.25, -0.2) is 9.86 Å². The molecule has 3 aliphatic rings. The van der Waals surface area contributed by atoms with E-state index in [0.29, 0.717) is 18.4 Å². The zero-order valence-corrected chi connectivity index (χ0v) is 11.9. The predicted molar refractivity (Wildman–Crippen MR) is 71.6 cm³/mol. The van der Waals surface area contributed by atoms with Crippen LogP contribution >= 0.6 is 0 Å². The third-order valence-electron chi connectivity index (χ3n) is 5.06. The van der Waals surface area contributed by atoms with E-state index < -0.39 is 0 Å². The summed E-state index contributed by atoms with van der Waals surface area (Å²) in [5, 5.41) is 14.7. The van der Waals surface area contributed by atoms with Crippen molar-refractivity contribution in [3.63, 3.8) is 0 Å². The molecule has 2 atom stereocenters. The Morgan fingerprint density at radius 3 is 2.76 bits per heavy atom. The van der Waals surface area contributed by atoms with Crippen molar-refractivity contribution in [2.75, 3.05) is 6.54 Å². The molecule has 0 spiro atoms. The summed E-state index contributed by atoms with van der Waals surface area (Å²) in [5.41, 5.74) is 0. The number of hydrogen-bond acceptors (Lipinski definition) is 5. The lowest BCUT2D eigenvalue weighted by Crippen LogP contribution is -2.34. The first-order valence-corrected chi connectivity index (χ1v) is 7.86. The number of aromatic nitrogens is 2. The molecule has 1 aromatic rings. The van der Waals surface area contributed by atoms with Gasteiger partial charge in [-0.2, -0.15) is 4.98 Å². The van der Waals surface area contributed by atoms with E-state index >= 15 is 0 Å². The van der Waals surface area contributed by atoms with E-state index in [0.717, 1.165) is 36.6 Å². The van der Waals surface area contributed by atoms with Crippen LogP contribution in [-0.2, 0) is 0 Å². The second-order valence-corrected chi connectivity index (χ2v) is 6.35. The highest BCUT2D eigenvalue weighted by Gasteiger charge is 2.46. The molecule has 3 fully saturated rings. The third-order valence-corrected chi connectivity index (χ3v) is 5.06. The lowest BCUT2D eigenvalue weighted by Gasteiger charge is -2.27. The van der Waals surface area contributed by atoms with Gasteiger partial charge in [-0.15, -0.1) is 0 Å². The van der Waals surface area contributed by atoms with Gasteiger partial charge in [0, 0.05) is 12.5 Å². The zero-order valence-electron chi connectivity index (χ0n) is 11.9. The number of fused-ring (bicyclic) bond motifs is 2.